The molecule has 0 fully saturated rings. The van der Waals surface area contributed by atoms with Crippen molar-refractivity contribution >= 4 is 27.9 Å². The number of hydrogen-bond acceptors (Lipinski definition) is 4. The van der Waals surface area contributed by atoms with E-state index in [-0.39, 0.29) is 0 Å². The van der Waals surface area contributed by atoms with Gasteiger partial charge in [-0.1, -0.05) is 15.9 Å². The first-order valence-electron chi connectivity index (χ1n) is 6.21. The van der Waals surface area contributed by atoms with Crippen LogP contribution in [-0.2, 0) is 11.3 Å². The van der Waals surface area contributed by atoms with Crippen LogP contribution in [0.1, 0.15) is 19.4 Å². The lowest BCUT2D eigenvalue weighted by Gasteiger charge is -2.15. The van der Waals surface area contributed by atoms with Gasteiger partial charge < -0.3 is 15.8 Å². The third-order valence-electron chi connectivity index (χ3n) is 2.49. The highest BCUT2D eigenvalue weighted by Gasteiger charge is 2.17. The summed E-state index contributed by atoms with van der Waals surface area (Å²) in [7, 11) is 0. The van der Waals surface area contributed by atoms with Gasteiger partial charge in [0.25, 0.3) is 5.91 Å². The van der Waals surface area contributed by atoms with E-state index >= 15 is 0 Å². The molecule has 0 saturated heterocycles. The van der Waals surface area contributed by atoms with E-state index in [0.29, 0.717) is 18.8 Å². The Bertz CT molecular complexity index is 494. The van der Waals surface area contributed by atoms with Gasteiger partial charge in [0, 0.05) is 17.6 Å². The average molecular weight is 344 g/mol. The number of carbonyl (C=O) groups excluding carboxylic acids is 2. The Morgan fingerprint density at radius 1 is 1.45 bits per heavy atom. The van der Waals surface area contributed by atoms with Crippen molar-refractivity contribution in [2.24, 2.45) is 5.73 Å². The third-order valence-corrected chi connectivity index (χ3v) is 3.27. The third kappa shape index (κ3) is 4.82. The summed E-state index contributed by atoms with van der Waals surface area (Å²) >= 11 is 3.37. The molecule has 3 amide bonds. The summed E-state index contributed by atoms with van der Waals surface area (Å²) in [6.07, 6.45) is -0.788. The Labute approximate surface area is 126 Å². The molecule has 4 N–H and O–H groups in total. The fourth-order valence-corrected chi connectivity index (χ4v) is 1.87. The molecule has 1 aromatic rings. The first-order valence-corrected chi connectivity index (χ1v) is 7.01. The topological polar surface area (TPSA) is 93.5 Å². The fourth-order valence-electron chi connectivity index (χ4n) is 1.46. The van der Waals surface area contributed by atoms with E-state index in [1.54, 1.807) is 32.0 Å². The first kappa shape index (κ1) is 16.5. The minimum Gasteiger partial charge on any atom is -0.481 e. The lowest BCUT2D eigenvalue weighted by Crippen LogP contribution is -2.45. The molecule has 0 spiro atoms. The summed E-state index contributed by atoms with van der Waals surface area (Å²) in [6.45, 7) is 4.14. The summed E-state index contributed by atoms with van der Waals surface area (Å²) in [5, 5.41) is 4.66. The Morgan fingerprint density at radius 3 is 2.75 bits per heavy atom. The average Bonchev–Trinajstić information content (AvgIpc) is 2.41. The van der Waals surface area contributed by atoms with E-state index < -0.39 is 18.0 Å². The molecule has 0 aromatic heterocycles. The molecule has 1 rings (SSSR count). The van der Waals surface area contributed by atoms with Gasteiger partial charge in [-0.25, -0.2) is 4.79 Å². The second-order valence-electron chi connectivity index (χ2n) is 4.07. The second kappa shape index (κ2) is 7.86. The van der Waals surface area contributed by atoms with Gasteiger partial charge in [-0.15, -0.1) is 0 Å². The predicted octanol–water partition coefficient (Wildman–Crippen LogP) is 1.52. The van der Waals surface area contributed by atoms with E-state index in [1.165, 1.54) is 0 Å². The van der Waals surface area contributed by atoms with E-state index in [2.05, 4.69) is 26.6 Å². The number of halogens is 1. The summed E-state index contributed by atoms with van der Waals surface area (Å²) in [5.74, 6) is 0.0142. The molecule has 0 saturated carbocycles. The van der Waals surface area contributed by atoms with E-state index in [9.17, 15) is 9.59 Å². The zero-order chi connectivity index (χ0) is 15.1. The zero-order valence-electron chi connectivity index (χ0n) is 11.4. The van der Waals surface area contributed by atoms with Gasteiger partial charge in [-0.3, -0.25) is 10.1 Å². The standard InChI is InChI=1S/C13H18BrN3O3/c1-3-16-13(19)17-12(18)8(2)20-10-4-5-11(14)9(6-10)7-15/h4-6,8H,3,7,15H2,1-2H3,(H2,16,17,18,19). The highest BCUT2D eigenvalue weighted by molar-refractivity contribution is 9.10. The smallest absolute Gasteiger partial charge is 0.321 e. The van der Waals surface area contributed by atoms with Crippen molar-refractivity contribution in [3.05, 3.63) is 28.2 Å². The Hall–Kier alpha value is -1.60. The molecule has 110 valence electrons. The normalized spacial score (nSPS) is 11.6. The number of benzene rings is 1. The molecular weight excluding hydrogens is 326 g/mol. The van der Waals surface area contributed by atoms with Gasteiger partial charge in [0.05, 0.1) is 0 Å². The van der Waals surface area contributed by atoms with Crippen LogP contribution in [0.15, 0.2) is 22.7 Å². The molecule has 1 unspecified atom stereocenters. The van der Waals surface area contributed by atoms with Crippen molar-refractivity contribution in [1.29, 1.82) is 0 Å². The van der Waals surface area contributed by atoms with Gasteiger partial charge in [0.1, 0.15) is 5.75 Å². The van der Waals surface area contributed by atoms with Crippen molar-refractivity contribution in [3.8, 4) is 5.75 Å². The summed E-state index contributed by atoms with van der Waals surface area (Å²) in [4.78, 5) is 23.0. The van der Waals surface area contributed by atoms with Gasteiger partial charge in [-0.05, 0) is 37.6 Å². The number of rotatable bonds is 5. The number of nitrogens with two attached hydrogens (primary N) is 1. The highest BCUT2D eigenvalue weighted by Crippen LogP contribution is 2.22. The number of imide groups is 1. The molecule has 0 aliphatic heterocycles. The van der Waals surface area contributed by atoms with Gasteiger partial charge in [0.15, 0.2) is 6.10 Å². The quantitative estimate of drug-likeness (QED) is 0.755. The first-order chi connectivity index (χ1) is 9.47. The number of carbonyl (C=O) groups is 2. The lowest BCUT2D eigenvalue weighted by molar-refractivity contribution is -0.126. The molecule has 0 heterocycles. The maximum atomic E-state index is 11.7. The van der Waals surface area contributed by atoms with Gasteiger partial charge in [0.2, 0.25) is 0 Å². The van der Waals surface area contributed by atoms with Crippen molar-refractivity contribution < 1.29 is 14.3 Å². The SMILES string of the molecule is CCNC(=O)NC(=O)C(C)Oc1ccc(Br)c(CN)c1. The summed E-state index contributed by atoms with van der Waals surface area (Å²) < 4.78 is 6.37. The minimum absolute atomic E-state index is 0.358. The lowest BCUT2D eigenvalue weighted by atomic mass is 10.2. The van der Waals surface area contributed by atoms with Crippen LogP contribution in [0.2, 0.25) is 0 Å². The molecule has 6 nitrogen and oxygen atoms in total. The Kier molecular flexibility index (Phi) is 6.47. The molecule has 0 radical (unpaired) electrons. The number of urea groups is 1. The Balaban J connectivity index is 2.63. The number of amides is 3. The van der Waals surface area contributed by atoms with E-state index in [0.717, 1.165) is 10.0 Å². The van der Waals surface area contributed by atoms with Crippen molar-refractivity contribution in [2.75, 3.05) is 6.54 Å². The zero-order valence-corrected chi connectivity index (χ0v) is 13.0. The summed E-state index contributed by atoms with van der Waals surface area (Å²) in [5.41, 5.74) is 6.47. The maximum absolute atomic E-state index is 11.7. The van der Waals surface area contributed by atoms with Crippen LogP contribution in [0.3, 0.4) is 0 Å². The molecular formula is C13H18BrN3O3. The number of ether oxygens (including phenoxy) is 1. The second-order valence-corrected chi connectivity index (χ2v) is 4.92. The molecule has 1 atom stereocenters. The summed E-state index contributed by atoms with van der Waals surface area (Å²) in [6, 6.07) is 4.73. The minimum atomic E-state index is -0.788. The van der Waals surface area contributed by atoms with Crippen LogP contribution in [0.25, 0.3) is 0 Å². The monoisotopic (exact) mass is 343 g/mol. The van der Waals surface area contributed by atoms with Crippen LogP contribution < -0.4 is 21.1 Å². The highest BCUT2D eigenvalue weighted by atomic mass is 79.9. The molecule has 0 aliphatic rings. The molecule has 7 heteroatoms. The predicted molar refractivity (Wildman–Crippen MR) is 79.3 cm³/mol. The molecule has 0 bridgehead atoms. The molecule has 20 heavy (non-hydrogen) atoms. The van der Waals surface area contributed by atoms with Gasteiger partial charge >= 0.3 is 6.03 Å². The maximum Gasteiger partial charge on any atom is 0.321 e. The van der Waals surface area contributed by atoms with Crippen molar-refractivity contribution in [2.45, 2.75) is 26.5 Å². The largest absolute Gasteiger partial charge is 0.481 e. The van der Waals surface area contributed by atoms with Crippen LogP contribution in [0.5, 0.6) is 5.75 Å². The molecule has 0 aliphatic carbocycles. The number of nitrogens with one attached hydrogen (secondary N) is 2. The van der Waals surface area contributed by atoms with Crippen molar-refractivity contribution in [1.82, 2.24) is 10.6 Å². The van der Waals surface area contributed by atoms with E-state index in [4.69, 9.17) is 10.5 Å². The Morgan fingerprint density at radius 2 is 2.15 bits per heavy atom. The van der Waals surface area contributed by atoms with Crippen LogP contribution in [0, 0.1) is 0 Å². The van der Waals surface area contributed by atoms with Crippen LogP contribution >= 0.6 is 15.9 Å². The van der Waals surface area contributed by atoms with Crippen molar-refractivity contribution in [3.63, 3.8) is 0 Å². The fraction of sp³-hybridized carbons (Fsp3) is 0.385. The van der Waals surface area contributed by atoms with Crippen LogP contribution in [-0.4, -0.2) is 24.6 Å². The molecule has 1 aromatic carbocycles. The number of hydrogen-bond donors (Lipinski definition) is 3. The van der Waals surface area contributed by atoms with Crippen LogP contribution in [0.4, 0.5) is 4.79 Å². The van der Waals surface area contributed by atoms with E-state index in [1.807, 2.05) is 0 Å². The van der Waals surface area contributed by atoms with Gasteiger partial charge in [-0.2, -0.15) is 0 Å².